The van der Waals surface area contributed by atoms with Gasteiger partial charge in [0, 0.05) is 0 Å². The molecule has 0 aliphatic carbocycles. The van der Waals surface area contributed by atoms with Crippen molar-refractivity contribution in [1.29, 1.82) is 0 Å². The van der Waals surface area contributed by atoms with E-state index in [0.717, 1.165) is 0 Å². The van der Waals surface area contributed by atoms with E-state index in [1.807, 2.05) is 0 Å². The second kappa shape index (κ2) is 2.18. The summed E-state index contributed by atoms with van der Waals surface area (Å²) in [7, 11) is 0. The third kappa shape index (κ3) is 1.10. The highest BCUT2D eigenvalue weighted by atomic mass is 19.1. The highest BCUT2D eigenvalue weighted by Gasteiger charge is 1.96. The maximum absolute atomic E-state index is 12.7. The Balaban J connectivity index is 3.25. The molecule has 1 rings (SSSR count). The molecule has 1 heteroatoms. The Kier molecular flexibility index (Phi) is 1.52. The minimum absolute atomic E-state index is 0.197. The smallest absolute Gasteiger partial charge is 0.129 e. The van der Waals surface area contributed by atoms with Gasteiger partial charge in [0.15, 0.2) is 0 Å². The minimum atomic E-state index is -0.197. The number of rotatable bonds is 0. The van der Waals surface area contributed by atoms with Crippen molar-refractivity contribution >= 4 is 0 Å². The first-order chi connectivity index (χ1) is 4.22. The summed E-state index contributed by atoms with van der Waals surface area (Å²) in [5.74, 6) is -0.197. The summed E-state index contributed by atoms with van der Waals surface area (Å²) in [6.07, 6.45) is 0. The van der Waals surface area contributed by atoms with Gasteiger partial charge >= 0.3 is 0 Å². The highest BCUT2D eigenvalue weighted by Crippen LogP contribution is 2.09. The van der Waals surface area contributed by atoms with E-state index >= 15 is 0 Å². The van der Waals surface area contributed by atoms with Crippen LogP contribution in [0.1, 0.15) is 11.1 Å². The molecule has 0 heterocycles. The first-order valence-corrected chi connectivity index (χ1v) is 2.79. The van der Waals surface area contributed by atoms with Crippen molar-refractivity contribution in [2.75, 3.05) is 0 Å². The molecule has 1 aromatic rings. The summed E-state index contributed by atoms with van der Waals surface area (Å²) in [5, 5.41) is 0. The van der Waals surface area contributed by atoms with Crippen molar-refractivity contribution in [3.8, 4) is 0 Å². The second-order valence-electron chi connectivity index (χ2n) is 2.05. The van der Waals surface area contributed by atoms with Crippen LogP contribution in [0.25, 0.3) is 0 Å². The SMILES string of the molecule is [CH2]c1cccc(C)c1F. The van der Waals surface area contributed by atoms with Gasteiger partial charge in [0.25, 0.3) is 0 Å². The molecule has 0 saturated heterocycles. The molecule has 0 bridgehead atoms. The van der Waals surface area contributed by atoms with Crippen LogP contribution in [0.4, 0.5) is 4.39 Å². The van der Waals surface area contributed by atoms with Gasteiger partial charge in [-0.25, -0.2) is 4.39 Å². The Morgan fingerprint density at radius 1 is 1.44 bits per heavy atom. The lowest BCUT2D eigenvalue weighted by atomic mass is 10.1. The zero-order valence-electron chi connectivity index (χ0n) is 5.32. The van der Waals surface area contributed by atoms with E-state index in [0.29, 0.717) is 11.1 Å². The minimum Gasteiger partial charge on any atom is -0.206 e. The molecule has 0 atom stereocenters. The van der Waals surface area contributed by atoms with E-state index in [1.54, 1.807) is 25.1 Å². The number of halogens is 1. The molecule has 9 heavy (non-hydrogen) atoms. The zero-order chi connectivity index (χ0) is 6.85. The Hall–Kier alpha value is -0.850. The molecule has 1 aromatic carbocycles. The van der Waals surface area contributed by atoms with E-state index in [1.165, 1.54) is 0 Å². The van der Waals surface area contributed by atoms with Gasteiger partial charge in [-0.15, -0.1) is 0 Å². The molecule has 0 unspecified atom stereocenters. The monoisotopic (exact) mass is 123 g/mol. The van der Waals surface area contributed by atoms with E-state index < -0.39 is 0 Å². The van der Waals surface area contributed by atoms with Gasteiger partial charge in [0.2, 0.25) is 0 Å². The molecule has 0 spiro atoms. The topological polar surface area (TPSA) is 0 Å². The first-order valence-electron chi connectivity index (χ1n) is 2.79. The summed E-state index contributed by atoms with van der Waals surface area (Å²) in [4.78, 5) is 0. The average molecular weight is 123 g/mol. The molecule has 0 aromatic heterocycles. The van der Waals surface area contributed by atoms with Crippen molar-refractivity contribution in [2.24, 2.45) is 0 Å². The molecule has 0 aliphatic heterocycles. The number of hydrogen-bond acceptors (Lipinski definition) is 0. The molecule has 0 amide bonds. The highest BCUT2D eigenvalue weighted by molar-refractivity contribution is 5.26. The maximum Gasteiger partial charge on any atom is 0.129 e. The molecular weight excluding hydrogens is 115 g/mol. The fraction of sp³-hybridized carbons (Fsp3) is 0.125. The predicted molar refractivity (Wildman–Crippen MR) is 35.6 cm³/mol. The van der Waals surface area contributed by atoms with Crippen LogP contribution in [0.5, 0.6) is 0 Å². The van der Waals surface area contributed by atoms with Crippen LogP contribution >= 0.6 is 0 Å². The van der Waals surface area contributed by atoms with E-state index in [9.17, 15) is 4.39 Å². The van der Waals surface area contributed by atoms with Crippen LogP contribution in [-0.4, -0.2) is 0 Å². The van der Waals surface area contributed by atoms with E-state index in [4.69, 9.17) is 0 Å². The lowest BCUT2D eigenvalue weighted by Crippen LogP contribution is -1.84. The van der Waals surface area contributed by atoms with Gasteiger partial charge in [-0.2, -0.15) is 0 Å². The van der Waals surface area contributed by atoms with Gasteiger partial charge in [0.1, 0.15) is 5.82 Å². The lowest BCUT2D eigenvalue weighted by Gasteiger charge is -1.96. The standard InChI is InChI=1S/C8H8F/c1-6-4-3-5-7(2)8(6)9/h3-5H,1H2,2H3. The Morgan fingerprint density at radius 2 is 2.11 bits per heavy atom. The lowest BCUT2D eigenvalue weighted by molar-refractivity contribution is 0.613. The van der Waals surface area contributed by atoms with E-state index in [2.05, 4.69) is 6.92 Å². The molecule has 0 nitrogen and oxygen atoms in total. The fourth-order valence-corrected chi connectivity index (χ4v) is 0.708. The molecular formula is C8H8F. The van der Waals surface area contributed by atoms with Gasteiger partial charge in [-0.05, 0) is 25.0 Å². The average Bonchev–Trinajstić information content (AvgIpc) is 1.83. The van der Waals surface area contributed by atoms with Gasteiger partial charge in [0.05, 0.1) is 0 Å². The van der Waals surface area contributed by atoms with Crippen molar-refractivity contribution in [2.45, 2.75) is 6.92 Å². The van der Waals surface area contributed by atoms with Crippen molar-refractivity contribution < 1.29 is 4.39 Å². The summed E-state index contributed by atoms with van der Waals surface area (Å²) >= 11 is 0. The first kappa shape index (κ1) is 6.27. The predicted octanol–water partition coefficient (Wildman–Crippen LogP) is 2.32. The van der Waals surface area contributed by atoms with Crippen LogP contribution in [-0.2, 0) is 0 Å². The molecule has 0 aliphatic rings. The normalized spacial score (nSPS) is 9.67. The van der Waals surface area contributed by atoms with Crippen LogP contribution in [0.15, 0.2) is 18.2 Å². The Morgan fingerprint density at radius 3 is 2.56 bits per heavy atom. The second-order valence-corrected chi connectivity index (χ2v) is 2.05. The third-order valence-electron chi connectivity index (χ3n) is 1.27. The molecule has 0 N–H and O–H groups in total. The summed E-state index contributed by atoms with van der Waals surface area (Å²) < 4.78 is 12.7. The van der Waals surface area contributed by atoms with Crippen LogP contribution < -0.4 is 0 Å². The fourth-order valence-electron chi connectivity index (χ4n) is 0.708. The number of aryl methyl sites for hydroxylation is 1. The maximum atomic E-state index is 12.7. The zero-order valence-corrected chi connectivity index (χ0v) is 5.32. The van der Waals surface area contributed by atoms with Crippen molar-refractivity contribution in [3.05, 3.63) is 42.1 Å². The van der Waals surface area contributed by atoms with Crippen LogP contribution in [0.3, 0.4) is 0 Å². The summed E-state index contributed by atoms with van der Waals surface area (Å²) in [6, 6.07) is 5.17. The largest absolute Gasteiger partial charge is 0.206 e. The number of benzene rings is 1. The third-order valence-corrected chi connectivity index (χ3v) is 1.27. The molecule has 1 radical (unpaired) electrons. The van der Waals surface area contributed by atoms with Crippen LogP contribution in [0.2, 0.25) is 0 Å². The van der Waals surface area contributed by atoms with Crippen LogP contribution in [0, 0.1) is 19.7 Å². The molecule has 0 fully saturated rings. The van der Waals surface area contributed by atoms with Crippen molar-refractivity contribution in [3.63, 3.8) is 0 Å². The quantitative estimate of drug-likeness (QED) is 0.496. The molecule has 47 valence electrons. The molecule has 0 saturated carbocycles. The van der Waals surface area contributed by atoms with Gasteiger partial charge < -0.3 is 0 Å². The summed E-state index contributed by atoms with van der Waals surface area (Å²) in [5.41, 5.74) is 1.12. The van der Waals surface area contributed by atoms with E-state index in [-0.39, 0.29) is 5.82 Å². The summed E-state index contributed by atoms with van der Waals surface area (Å²) in [6.45, 7) is 5.23. The Labute approximate surface area is 54.3 Å². The van der Waals surface area contributed by atoms with Gasteiger partial charge in [-0.3, -0.25) is 0 Å². The Bertz CT molecular complexity index is 196. The van der Waals surface area contributed by atoms with Gasteiger partial charge in [-0.1, -0.05) is 18.2 Å². The number of hydrogen-bond donors (Lipinski definition) is 0. The van der Waals surface area contributed by atoms with Crippen molar-refractivity contribution in [1.82, 2.24) is 0 Å².